The van der Waals surface area contributed by atoms with Crippen LogP contribution in [0.25, 0.3) is 0 Å². The lowest BCUT2D eigenvalue weighted by Crippen LogP contribution is -2.07. The lowest BCUT2D eigenvalue weighted by Gasteiger charge is -2.16. The predicted molar refractivity (Wildman–Crippen MR) is 81.5 cm³/mol. The molecule has 108 valence electrons. The molecule has 0 spiro atoms. The molecule has 0 bridgehead atoms. The van der Waals surface area contributed by atoms with E-state index in [1.54, 1.807) is 18.2 Å². The molecular weight excluding hydrogens is 264 g/mol. The van der Waals surface area contributed by atoms with E-state index in [1.807, 2.05) is 13.0 Å². The van der Waals surface area contributed by atoms with Crippen LogP contribution in [0.5, 0.6) is 11.6 Å². The third kappa shape index (κ3) is 3.29. The molecule has 0 aliphatic carbocycles. The second kappa shape index (κ2) is 6.71. The number of para-hydroxylation sites is 1. The Morgan fingerprint density at radius 1 is 1.29 bits per heavy atom. The van der Waals surface area contributed by atoms with Crippen molar-refractivity contribution in [3.05, 3.63) is 41.7 Å². The molecule has 0 fully saturated rings. The minimum atomic E-state index is 0.199. The van der Waals surface area contributed by atoms with Crippen molar-refractivity contribution in [2.24, 2.45) is 0 Å². The smallest absolute Gasteiger partial charge is 0.227 e. The van der Waals surface area contributed by atoms with Crippen molar-refractivity contribution in [2.75, 3.05) is 11.9 Å². The highest BCUT2D eigenvalue weighted by Crippen LogP contribution is 2.33. The first kappa shape index (κ1) is 14.8. The largest absolute Gasteiger partial charge is 0.437 e. The molecule has 1 aromatic carbocycles. The van der Waals surface area contributed by atoms with Crippen molar-refractivity contribution < 1.29 is 4.74 Å². The summed E-state index contributed by atoms with van der Waals surface area (Å²) >= 11 is 0. The van der Waals surface area contributed by atoms with Gasteiger partial charge in [0.2, 0.25) is 5.88 Å². The Morgan fingerprint density at radius 3 is 2.71 bits per heavy atom. The fourth-order valence-electron chi connectivity index (χ4n) is 2.04. The monoisotopic (exact) mass is 282 g/mol. The number of anilines is 1. The van der Waals surface area contributed by atoms with E-state index in [4.69, 9.17) is 10.00 Å². The van der Waals surface area contributed by atoms with Crippen molar-refractivity contribution in [1.82, 2.24) is 9.97 Å². The van der Waals surface area contributed by atoms with Crippen molar-refractivity contribution in [3.8, 4) is 17.7 Å². The quantitative estimate of drug-likeness (QED) is 0.905. The Balaban J connectivity index is 2.44. The maximum absolute atomic E-state index is 9.14. The Morgan fingerprint density at radius 2 is 2.05 bits per heavy atom. The highest BCUT2D eigenvalue weighted by atomic mass is 16.5. The summed E-state index contributed by atoms with van der Waals surface area (Å²) in [5, 5.41) is 12.4. The first-order valence-electron chi connectivity index (χ1n) is 6.93. The average molecular weight is 282 g/mol. The molecule has 2 aromatic rings. The molecule has 0 aliphatic rings. The maximum Gasteiger partial charge on any atom is 0.227 e. The number of nitrogens with zero attached hydrogens (tertiary/aromatic N) is 3. The Hall–Kier alpha value is -2.61. The summed E-state index contributed by atoms with van der Waals surface area (Å²) in [6.45, 7) is 6.90. The molecule has 5 heteroatoms. The van der Waals surface area contributed by atoms with Crippen LogP contribution in [-0.4, -0.2) is 16.5 Å². The van der Waals surface area contributed by atoms with Crippen molar-refractivity contribution >= 4 is 5.82 Å². The maximum atomic E-state index is 9.14. The van der Waals surface area contributed by atoms with E-state index in [9.17, 15) is 0 Å². The molecule has 0 unspecified atom stereocenters. The van der Waals surface area contributed by atoms with Crippen LogP contribution >= 0.6 is 0 Å². The Bertz CT molecular complexity index is 662. The molecule has 1 aromatic heterocycles. The van der Waals surface area contributed by atoms with Gasteiger partial charge in [-0.15, -0.1) is 0 Å². The van der Waals surface area contributed by atoms with Gasteiger partial charge in [0.1, 0.15) is 24.0 Å². The molecule has 21 heavy (non-hydrogen) atoms. The van der Waals surface area contributed by atoms with Gasteiger partial charge in [-0.25, -0.2) is 9.97 Å². The third-order valence-corrected chi connectivity index (χ3v) is 2.98. The summed E-state index contributed by atoms with van der Waals surface area (Å²) < 4.78 is 5.87. The number of hydrogen-bond acceptors (Lipinski definition) is 5. The van der Waals surface area contributed by atoms with Gasteiger partial charge in [0, 0.05) is 6.54 Å². The van der Waals surface area contributed by atoms with Gasteiger partial charge in [-0.1, -0.05) is 26.0 Å². The first-order valence-corrected chi connectivity index (χ1v) is 6.93. The fourth-order valence-corrected chi connectivity index (χ4v) is 2.04. The van der Waals surface area contributed by atoms with Crippen LogP contribution in [0.3, 0.4) is 0 Å². The molecule has 0 saturated heterocycles. The summed E-state index contributed by atoms with van der Waals surface area (Å²) in [5.41, 5.74) is 1.39. The van der Waals surface area contributed by atoms with Crippen LogP contribution in [0.4, 0.5) is 5.82 Å². The van der Waals surface area contributed by atoms with E-state index < -0.39 is 0 Å². The topological polar surface area (TPSA) is 70.8 Å². The van der Waals surface area contributed by atoms with Gasteiger partial charge in [-0.2, -0.15) is 5.26 Å². The highest BCUT2D eigenvalue weighted by molar-refractivity contribution is 5.53. The Kier molecular flexibility index (Phi) is 4.72. The SMILES string of the molecule is CCNc1ncnc(Oc2ccccc2C#N)c1C(C)C. The average Bonchev–Trinajstić information content (AvgIpc) is 2.48. The fraction of sp³-hybridized carbons (Fsp3) is 0.312. The standard InChI is InChI=1S/C16H18N4O/c1-4-18-15-14(11(2)3)16(20-10-19-15)21-13-8-6-5-7-12(13)9-17/h5-8,10-11H,4H2,1-3H3,(H,18,19,20). The van der Waals surface area contributed by atoms with E-state index in [0.29, 0.717) is 17.2 Å². The zero-order valence-corrected chi connectivity index (χ0v) is 12.4. The minimum absolute atomic E-state index is 0.199. The van der Waals surface area contributed by atoms with Crippen LogP contribution in [0, 0.1) is 11.3 Å². The van der Waals surface area contributed by atoms with Gasteiger partial charge in [0.05, 0.1) is 11.1 Å². The summed E-state index contributed by atoms with van der Waals surface area (Å²) in [4.78, 5) is 8.50. The number of aromatic nitrogens is 2. The predicted octanol–water partition coefficient (Wildman–Crippen LogP) is 3.70. The number of hydrogen-bond donors (Lipinski definition) is 1. The molecular formula is C16H18N4O. The zero-order valence-electron chi connectivity index (χ0n) is 12.4. The van der Waals surface area contributed by atoms with Crippen molar-refractivity contribution in [3.63, 3.8) is 0 Å². The number of ether oxygens (including phenoxy) is 1. The highest BCUT2D eigenvalue weighted by Gasteiger charge is 2.17. The van der Waals surface area contributed by atoms with E-state index in [2.05, 4.69) is 35.2 Å². The number of benzene rings is 1. The molecule has 0 amide bonds. The van der Waals surface area contributed by atoms with E-state index >= 15 is 0 Å². The minimum Gasteiger partial charge on any atom is -0.437 e. The molecule has 0 radical (unpaired) electrons. The molecule has 1 N–H and O–H groups in total. The third-order valence-electron chi connectivity index (χ3n) is 2.98. The van der Waals surface area contributed by atoms with E-state index in [-0.39, 0.29) is 5.92 Å². The molecule has 1 heterocycles. The number of nitriles is 1. The molecule has 5 nitrogen and oxygen atoms in total. The van der Waals surface area contributed by atoms with E-state index in [0.717, 1.165) is 17.9 Å². The van der Waals surface area contributed by atoms with Gasteiger partial charge >= 0.3 is 0 Å². The number of nitrogens with one attached hydrogen (secondary N) is 1. The van der Waals surface area contributed by atoms with Crippen LogP contribution < -0.4 is 10.1 Å². The summed E-state index contributed by atoms with van der Waals surface area (Å²) in [5.74, 6) is 1.96. The van der Waals surface area contributed by atoms with Crippen LogP contribution in [-0.2, 0) is 0 Å². The van der Waals surface area contributed by atoms with Gasteiger partial charge < -0.3 is 10.1 Å². The first-order chi connectivity index (χ1) is 10.2. The molecule has 0 saturated carbocycles. The lowest BCUT2D eigenvalue weighted by atomic mass is 10.1. The van der Waals surface area contributed by atoms with E-state index in [1.165, 1.54) is 6.33 Å². The lowest BCUT2D eigenvalue weighted by molar-refractivity contribution is 0.450. The second-order valence-corrected chi connectivity index (χ2v) is 4.84. The Labute approximate surface area is 124 Å². The van der Waals surface area contributed by atoms with Crippen molar-refractivity contribution in [1.29, 1.82) is 5.26 Å². The molecule has 0 aliphatic heterocycles. The second-order valence-electron chi connectivity index (χ2n) is 4.84. The number of rotatable bonds is 5. The van der Waals surface area contributed by atoms with Crippen LogP contribution in [0.15, 0.2) is 30.6 Å². The summed E-state index contributed by atoms with van der Waals surface area (Å²) in [6.07, 6.45) is 1.47. The molecule has 2 rings (SSSR count). The molecule has 0 atom stereocenters. The van der Waals surface area contributed by atoms with Crippen LogP contribution in [0.2, 0.25) is 0 Å². The summed E-state index contributed by atoms with van der Waals surface area (Å²) in [6, 6.07) is 9.24. The normalized spacial score (nSPS) is 10.2. The van der Waals surface area contributed by atoms with Crippen molar-refractivity contribution in [2.45, 2.75) is 26.7 Å². The van der Waals surface area contributed by atoms with Gasteiger partial charge in [-0.05, 0) is 25.0 Å². The van der Waals surface area contributed by atoms with Gasteiger partial charge in [-0.3, -0.25) is 0 Å². The zero-order chi connectivity index (χ0) is 15.2. The van der Waals surface area contributed by atoms with Gasteiger partial charge in [0.25, 0.3) is 0 Å². The van der Waals surface area contributed by atoms with Gasteiger partial charge in [0.15, 0.2) is 0 Å². The summed E-state index contributed by atoms with van der Waals surface area (Å²) in [7, 11) is 0. The van der Waals surface area contributed by atoms with Crippen LogP contribution in [0.1, 0.15) is 37.8 Å².